The van der Waals surface area contributed by atoms with Crippen LogP contribution in [0.1, 0.15) is 29.9 Å². The summed E-state index contributed by atoms with van der Waals surface area (Å²) in [6.45, 7) is 2.77. The zero-order valence-electron chi connectivity index (χ0n) is 15.7. The van der Waals surface area contributed by atoms with Crippen molar-refractivity contribution in [3.05, 3.63) is 65.5 Å². The summed E-state index contributed by atoms with van der Waals surface area (Å²) >= 11 is 0. The fraction of sp³-hybridized carbons (Fsp3) is 0.238. The number of hydrogen-bond acceptors (Lipinski definition) is 5. The van der Waals surface area contributed by atoms with Crippen molar-refractivity contribution in [1.82, 2.24) is 19.7 Å². The summed E-state index contributed by atoms with van der Waals surface area (Å²) < 4.78 is 7.07. The van der Waals surface area contributed by atoms with Crippen LogP contribution in [0, 0.1) is 11.3 Å². The molecule has 140 valence electrons. The first kappa shape index (κ1) is 17.7. The molecule has 28 heavy (non-hydrogen) atoms. The molecule has 0 aliphatic carbocycles. The fourth-order valence-electron chi connectivity index (χ4n) is 3.44. The van der Waals surface area contributed by atoms with Gasteiger partial charge in [0.15, 0.2) is 11.6 Å². The summed E-state index contributed by atoms with van der Waals surface area (Å²) in [7, 11) is 1.63. The molecule has 0 N–H and O–H groups in total. The van der Waals surface area contributed by atoms with Crippen LogP contribution in [0.25, 0.3) is 11.4 Å². The largest absolute Gasteiger partial charge is 0.497 e. The zero-order valence-corrected chi connectivity index (χ0v) is 15.7. The highest BCUT2D eigenvalue weighted by Gasteiger charge is 2.33. The Bertz CT molecular complexity index is 1050. The van der Waals surface area contributed by atoms with E-state index in [0.717, 1.165) is 22.7 Å². The van der Waals surface area contributed by atoms with E-state index in [-0.39, 0.29) is 5.91 Å². The van der Waals surface area contributed by atoms with Gasteiger partial charge in [0.25, 0.3) is 0 Å². The molecule has 1 aliphatic heterocycles. The highest BCUT2D eigenvalue weighted by atomic mass is 16.5. The average molecular weight is 373 g/mol. The number of carbonyl (C=O) groups is 1. The molecule has 3 aromatic rings. The molecule has 2 heterocycles. The molecule has 0 spiro atoms. The lowest BCUT2D eigenvalue weighted by Crippen LogP contribution is -2.41. The van der Waals surface area contributed by atoms with Gasteiger partial charge in [-0.25, -0.2) is 0 Å². The molecule has 0 bridgehead atoms. The quantitative estimate of drug-likeness (QED) is 0.702. The predicted octanol–water partition coefficient (Wildman–Crippen LogP) is 2.93. The van der Waals surface area contributed by atoms with E-state index in [0.29, 0.717) is 24.5 Å². The van der Waals surface area contributed by atoms with Crippen LogP contribution in [-0.4, -0.2) is 32.7 Å². The average Bonchev–Trinajstić information content (AvgIpc) is 3.16. The number of aromatic nitrogens is 3. The molecule has 7 nitrogen and oxygen atoms in total. The number of benzene rings is 2. The van der Waals surface area contributed by atoms with Gasteiger partial charge in [-0.15, -0.1) is 10.2 Å². The normalized spacial score (nSPS) is 15.8. The molecule has 1 aliphatic rings. The van der Waals surface area contributed by atoms with E-state index in [2.05, 4.69) is 16.3 Å². The summed E-state index contributed by atoms with van der Waals surface area (Å²) in [5.41, 5.74) is 2.44. The Kier molecular flexibility index (Phi) is 4.53. The Labute approximate surface area is 162 Å². The lowest BCUT2D eigenvalue weighted by atomic mass is 10.1. The van der Waals surface area contributed by atoms with Crippen molar-refractivity contribution in [2.45, 2.75) is 26.1 Å². The molecule has 0 radical (unpaired) electrons. The van der Waals surface area contributed by atoms with E-state index >= 15 is 0 Å². The Balaban J connectivity index is 1.60. The van der Waals surface area contributed by atoms with E-state index in [9.17, 15) is 4.79 Å². The maximum atomic E-state index is 13.0. The van der Waals surface area contributed by atoms with Crippen molar-refractivity contribution in [3.63, 3.8) is 0 Å². The number of methoxy groups -OCH3 is 1. The molecule has 2 aromatic carbocycles. The van der Waals surface area contributed by atoms with Crippen LogP contribution < -0.4 is 4.74 Å². The number of fused-ring (bicyclic) bond motifs is 1. The first-order valence-corrected chi connectivity index (χ1v) is 8.96. The van der Waals surface area contributed by atoms with Crippen LogP contribution in [0.3, 0.4) is 0 Å². The standard InChI is InChI=1S/C21H19N5O2/c1-14-21(27)25(12-16-5-9-18(28-2)10-6-16)13-19-23-24-20(26(14)19)17-7-3-15(11-22)4-8-17/h3-10,14H,12-13H2,1-2H3/t14-/m0/s1. The van der Waals surface area contributed by atoms with Gasteiger partial charge in [0.05, 0.1) is 25.3 Å². The third-order valence-electron chi connectivity index (χ3n) is 4.96. The van der Waals surface area contributed by atoms with Crippen molar-refractivity contribution < 1.29 is 9.53 Å². The number of rotatable bonds is 4. The highest BCUT2D eigenvalue weighted by Crippen LogP contribution is 2.29. The Morgan fingerprint density at radius 1 is 1.14 bits per heavy atom. The molecule has 0 unspecified atom stereocenters. The van der Waals surface area contributed by atoms with Crippen LogP contribution in [0.4, 0.5) is 0 Å². The summed E-state index contributed by atoms with van der Waals surface area (Å²) in [6.07, 6.45) is 0. The lowest BCUT2D eigenvalue weighted by Gasteiger charge is -2.32. The van der Waals surface area contributed by atoms with Crippen molar-refractivity contribution in [1.29, 1.82) is 5.26 Å². The molecule has 1 atom stereocenters. The second-order valence-electron chi connectivity index (χ2n) is 6.72. The molecule has 1 amide bonds. The predicted molar refractivity (Wildman–Crippen MR) is 102 cm³/mol. The molecule has 1 aromatic heterocycles. The van der Waals surface area contributed by atoms with Crippen LogP contribution >= 0.6 is 0 Å². The molecular weight excluding hydrogens is 354 g/mol. The van der Waals surface area contributed by atoms with Gasteiger partial charge in [-0.2, -0.15) is 5.26 Å². The summed E-state index contributed by atoms with van der Waals surface area (Å²) in [5.74, 6) is 2.20. The molecule has 4 rings (SSSR count). The number of hydrogen-bond donors (Lipinski definition) is 0. The number of ether oxygens (including phenoxy) is 1. The maximum Gasteiger partial charge on any atom is 0.246 e. The van der Waals surface area contributed by atoms with Gasteiger partial charge in [0.1, 0.15) is 11.8 Å². The summed E-state index contributed by atoms with van der Waals surface area (Å²) in [5, 5.41) is 17.6. The van der Waals surface area contributed by atoms with Gasteiger partial charge in [0.2, 0.25) is 5.91 Å². The van der Waals surface area contributed by atoms with E-state index in [1.54, 1.807) is 24.1 Å². The van der Waals surface area contributed by atoms with Crippen LogP contribution in [0.15, 0.2) is 48.5 Å². The minimum absolute atomic E-state index is 0.0259. The van der Waals surface area contributed by atoms with E-state index in [4.69, 9.17) is 10.00 Å². The number of nitriles is 1. The first-order chi connectivity index (χ1) is 13.6. The van der Waals surface area contributed by atoms with Crippen molar-refractivity contribution in [2.75, 3.05) is 7.11 Å². The Morgan fingerprint density at radius 3 is 2.50 bits per heavy atom. The van der Waals surface area contributed by atoms with Crippen LogP contribution in [0.5, 0.6) is 5.75 Å². The summed E-state index contributed by atoms with van der Waals surface area (Å²) in [4.78, 5) is 14.8. The van der Waals surface area contributed by atoms with Gasteiger partial charge in [-0.05, 0) is 48.9 Å². The molecule has 0 saturated heterocycles. The minimum atomic E-state index is -0.400. The maximum absolute atomic E-state index is 13.0. The Morgan fingerprint density at radius 2 is 1.86 bits per heavy atom. The van der Waals surface area contributed by atoms with Crippen molar-refractivity contribution >= 4 is 5.91 Å². The van der Waals surface area contributed by atoms with Crippen molar-refractivity contribution in [3.8, 4) is 23.2 Å². The van der Waals surface area contributed by atoms with Gasteiger partial charge in [0, 0.05) is 12.1 Å². The monoisotopic (exact) mass is 373 g/mol. The third kappa shape index (κ3) is 3.09. The smallest absolute Gasteiger partial charge is 0.246 e. The summed E-state index contributed by atoms with van der Waals surface area (Å²) in [6, 6.07) is 16.5. The first-order valence-electron chi connectivity index (χ1n) is 8.96. The van der Waals surface area contributed by atoms with Gasteiger partial charge in [-0.3, -0.25) is 9.36 Å². The van der Waals surface area contributed by atoms with E-state index < -0.39 is 6.04 Å². The fourth-order valence-corrected chi connectivity index (χ4v) is 3.44. The number of nitrogens with zero attached hydrogens (tertiary/aromatic N) is 5. The van der Waals surface area contributed by atoms with Gasteiger partial charge < -0.3 is 9.64 Å². The third-order valence-corrected chi connectivity index (χ3v) is 4.96. The van der Waals surface area contributed by atoms with Crippen LogP contribution in [0.2, 0.25) is 0 Å². The number of carbonyl (C=O) groups excluding carboxylic acids is 1. The lowest BCUT2D eigenvalue weighted by molar-refractivity contribution is -0.137. The SMILES string of the molecule is COc1ccc(CN2Cc3nnc(-c4ccc(C#N)cc4)n3[C@@H](C)C2=O)cc1. The molecule has 7 heteroatoms. The van der Waals surface area contributed by atoms with Gasteiger partial charge >= 0.3 is 0 Å². The second kappa shape index (κ2) is 7.16. The van der Waals surface area contributed by atoms with Gasteiger partial charge in [-0.1, -0.05) is 12.1 Å². The minimum Gasteiger partial charge on any atom is -0.497 e. The van der Waals surface area contributed by atoms with E-state index in [1.165, 1.54) is 0 Å². The zero-order chi connectivity index (χ0) is 19.7. The Hall–Kier alpha value is -3.66. The molecular formula is C21H19N5O2. The second-order valence-corrected chi connectivity index (χ2v) is 6.72. The molecule has 0 saturated carbocycles. The van der Waals surface area contributed by atoms with Crippen molar-refractivity contribution in [2.24, 2.45) is 0 Å². The van der Waals surface area contributed by atoms with E-state index in [1.807, 2.05) is 47.9 Å². The molecule has 0 fully saturated rings. The van der Waals surface area contributed by atoms with Crippen LogP contribution in [-0.2, 0) is 17.9 Å². The highest BCUT2D eigenvalue weighted by molar-refractivity contribution is 5.82. The number of amides is 1. The topological polar surface area (TPSA) is 84.0 Å².